The Morgan fingerprint density at radius 1 is 1.27 bits per heavy atom. The zero-order valence-corrected chi connectivity index (χ0v) is 11.9. The van der Waals surface area contributed by atoms with Crippen molar-refractivity contribution in [2.75, 3.05) is 13.1 Å². The van der Waals surface area contributed by atoms with Gasteiger partial charge in [-0.2, -0.15) is 13.2 Å². The summed E-state index contributed by atoms with van der Waals surface area (Å²) >= 11 is 0. The molecule has 2 aliphatic rings. The summed E-state index contributed by atoms with van der Waals surface area (Å²) in [5.74, 6) is 0.193. The van der Waals surface area contributed by atoms with Gasteiger partial charge in [0, 0.05) is 30.9 Å². The van der Waals surface area contributed by atoms with Crippen LogP contribution in [0.15, 0.2) is 18.3 Å². The molecule has 4 nitrogen and oxygen atoms in total. The Hall–Kier alpha value is -1.79. The van der Waals surface area contributed by atoms with Gasteiger partial charge >= 0.3 is 12.3 Å². The Balaban J connectivity index is 1.59. The molecule has 7 heteroatoms. The van der Waals surface area contributed by atoms with Crippen molar-refractivity contribution in [1.82, 2.24) is 9.88 Å². The molecule has 3 rings (SSSR count). The zero-order chi connectivity index (χ0) is 16.0. The molecule has 0 aromatic carbocycles. The first-order chi connectivity index (χ1) is 10.3. The molecule has 0 atom stereocenters. The fourth-order valence-electron chi connectivity index (χ4n) is 3.59. The minimum atomic E-state index is -4.35. The van der Waals surface area contributed by atoms with E-state index in [0.29, 0.717) is 18.8 Å². The molecule has 1 saturated carbocycles. The van der Waals surface area contributed by atoms with Gasteiger partial charge in [0.05, 0.1) is 5.56 Å². The van der Waals surface area contributed by atoms with Gasteiger partial charge in [0.15, 0.2) is 0 Å². The van der Waals surface area contributed by atoms with Gasteiger partial charge in [0.25, 0.3) is 0 Å². The summed E-state index contributed by atoms with van der Waals surface area (Å²) in [6.45, 7) is 1.09. The Labute approximate surface area is 126 Å². The van der Waals surface area contributed by atoms with Crippen LogP contribution in [0.4, 0.5) is 18.0 Å². The summed E-state index contributed by atoms with van der Waals surface area (Å²) in [5, 5.41) is 8.94. The summed E-state index contributed by atoms with van der Waals surface area (Å²) in [4.78, 5) is 16.3. The quantitative estimate of drug-likeness (QED) is 0.859. The molecule has 1 amide bonds. The largest absolute Gasteiger partial charge is 0.465 e. The number of pyridine rings is 1. The van der Waals surface area contributed by atoms with Gasteiger partial charge in [0.1, 0.15) is 0 Å². The SMILES string of the molecule is O=C(O)N1CCC2(CC1)CC(c1ccc(C(F)(F)F)cn1)C2. The maximum atomic E-state index is 12.5. The lowest BCUT2D eigenvalue weighted by molar-refractivity contribution is -0.137. The topological polar surface area (TPSA) is 53.4 Å². The molecular weight excluding hydrogens is 297 g/mol. The molecule has 2 fully saturated rings. The molecule has 1 spiro atoms. The fourth-order valence-corrected chi connectivity index (χ4v) is 3.59. The van der Waals surface area contributed by atoms with Crippen LogP contribution < -0.4 is 0 Å². The van der Waals surface area contributed by atoms with Crippen LogP contribution in [0.5, 0.6) is 0 Å². The highest BCUT2D eigenvalue weighted by molar-refractivity contribution is 5.65. The number of hydrogen-bond donors (Lipinski definition) is 1. The summed E-state index contributed by atoms with van der Waals surface area (Å²) in [5.41, 5.74) is 0.139. The minimum Gasteiger partial charge on any atom is -0.465 e. The first-order valence-electron chi connectivity index (χ1n) is 7.30. The van der Waals surface area contributed by atoms with E-state index in [1.165, 1.54) is 11.0 Å². The third-order valence-electron chi connectivity index (χ3n) is 4.99. The monoisotopic (exact) mass is 314 g/mol. The number of likely N-dealkylation sites (tertiary alicyclic amines) is 1. The van der Waals surface area contributed by atoms with Gasteiger partial charge in [0.2, 0.25) is 0 Å². The van der Waals surface area contributed by atoms with Crippen LogP contribution in [0, 0.1) is 5.41 Å². The summed E-state index contributed by atoms with van der Waals surface area (Å²) < 4.78 is 37.5. The van der Waals surface area contributed by atoms with Crippen LogP contribution >= 0.6 is 0 Å². The maximum Gasteiger partial charge on any atom is 0.417 e. The van der Waals surface area contributed by atoms with E-state index in [-0.39, 0.29) is 11.3 Å². The van der Waals surface area contributed by atoms with E-state index in [1.807, 2.05) is 0 Å². The van der Waals surface area contributed by atoms with Crippen molar-refractivity contribution in [2.45, 2.75) is 37.8 Å². The summed E-state index contributed by atoms with van der Waals surface area (Å²) in [7, 11) is 0. The molecule has 1 saturated heterocycles. The van der Waals surface area contributed by atoms with Crippen molar-refractivity contribution >= 4 is 6.09 Å². The molecule has 1 aromatic heterocycles. The van der Waals surface area contributed by atoms with Crippen molar-refractivity contribution < 1.29 is 23.1 Å². The third-order valence-corrected chi connectivity index (χ3v) is 4.99. The van der Waals surface area contributed by atoms with E-state index in [2.05, 4.69) is 4.98 Å². The van der Waals surface area contributed by atoms with Crippen LogP contribution in [0.3, 0.4) is 0 Å². The van der Waals surface area contributed by atoms with Crippen molar-refractivity contribution in [3.05, 3.63) is 29.6 Å². The Kier molecular flexibility index (Phi) is 3.53. The number of alkyl halides is 3. The number of carboxylic acid groups (broad SMARTS) is 1. The molecule has 2 heterocycles. The number of nitrogens with zero attached hydrogens (tertiary/aromatic N) is 2. The third kappa shape index (κ3) is 2.76. The lowest BCUT2D eigenvalue weighted by Crippen LogP contribution is -2.47. The van der Waals surface area contributed by atoms with Crippen LogP contribution in [0.2, 0.25) is 0 Å². The number of rotatable bonds is 1. The number of aromatic nitrogens is 1. The fraction of sp³-hybridized carbons (Fsp3) is 0.600. The second-order valence-corrected chi connectivity index (χ2v) is 6.34. The summed E-state index contributed by atoms with van der Waals surface area (Å²) in [6, 6.07) is 2.55. The number of hydrogen-bond acceptors (Lipinski definition) is 2. The van der Waals surface area contributed by atoms with E-state index in [0.717, 1.165) is 37.9 Å². The average Bonchev–Trinajstić information content (AvgIpc) is 2.44. The van der Waals surface area contributed by atoms with Gasteiger partial charge in [-0.15, -0.1) is 0 Å². The molecule has 22 heavy (non-hydrogen) atoms. The molecule has 1 aliphatic carbocycles. The van der Waals surface area contributed by atoms with Gasteiger partial charge in [-0.3, -0.25) is 4.98 Å². The second-order valence-electron chi connectivity index (χ2n) is 6.34. The Bertz CT molecular complexity index is 555. The van der Waals surface area contributed by atoms with E-state index in [9.17, 15) is 18.0 Å². The van der Waals surface area contributed by atoms with Gasteiger partial charge in [-0.1, -0.05) is 0 Å². The predicted octanol–water partition coefficient (Wildman–Crippen LogP) is 3.74. The molecule has 0 unspecified atom stereocenters. The molecule has 1 N–H and O–H groups in total. The Morgan fingerprint density at radius 2 is 1.91 bits per heavy atom. The standard InChI is InChI=1S/C15H17F3N2O2/c16-15(17,18)11-1-2-12(19-9-11)10-7-14(8-10)3-5-20(6-4-14)13(21)22/h1-2,9-10H,3-8H2,(H,21,22). The minimum absolute atomic E-state index is 0.154. The Morgan fingerprint density at radius 3 is 2.36 bits per heavy atom. The lowest BCUT2D eigenvalue weighted by Gasteiger charge is -2.51. The molecule has 1 aliphatic heterocycles. The number of halogens is 3. The average molecular weight is 314 g/mol. The van der Waals surface area contributed by atoms with Crippen molar-refractivity contribution in [3.63, 3.8) is 0 Å². The van der Waals surface area contributed by atoms with Crippen LogP contribution in [0.25, 0.3) is 0 Å². The molecular formula is C15H17F3N2O2. The molecule has 120 valence electrons. The number of carbonyl (C=O) groups is 1. The van der Waals surface area contributed by atoms with Crippen molar-refractivity contribution in [2.24, 2.45) is 5.41 Å². The van der Waals surface area contributed by atoms with E-state index >= 15 is 0 Å². The lowest BCUT2D eigenvalue weighted by atomic mass is 9.57. The van der Waals surface area contributed by atoms with E-state index < -0.39 is 17.8 Å². The van der Waals surface area contributed by atoms with Crippen molar-refractivity contribution in [3.8, 4) is 0 Å². The van der Waals surface area contributed by atoms with Crippen LogP contribution in [-0.4, -0.2) is 34.2 Å². The number of amides is 1. The highest BCUT2D eigenvalue weighted by Gasteiger charge is 2.47. The first kappa shape index (κ1) is 15.1. The molecule has 0 radical (unpaired) electrons. The molecule has 1 aromatic rings. The number of piperidine rings is 1. The van der Waals surface area contributed by atoms with Gasteiger partial charge in [-0.05, 0) is 43.2 Å². The maximum absolute atomic E-state index is 12.5. The predicted molar refractivity (Wildman–Crippen MR) is 72.5 cm³/mol. The van der Waals surface area contributed by atoms with Gasteiger partial charge < -0.3 is 10.0 Å². The summed E-state index contributed by atoms with van der Waals surface area (Å²) in [6.07, 6.45) is -0.899. The first-order valence-corrected chi connectivity index (χ1v) is 7.30. The second kappa shape index (κ2) is 5.14. The zero-order valence-electron chi connectivity index (χ0n) is 11.9. The highest BCUT2D eigenvalue weighted by atomic mass is 19.4. The van der Waals surface area contributed by atoms with E-state index in [1.54, 1.807) is 0 Å². The normalized spacial score (nSPS) is 21.7. The van der Waals surface area contributed by atoms with Crippen molar-refractivity contribution in [1.29, 1.82) is 0 Å². The van der Waals surface area contributed by atoms with Crippen LogP contribution in [-0.2, 0) is 6.18 Å². The molecule has 0 bridgehead atoms. The van der Waals surface area contributed by atoms with Gasteiger partial charge in [-0.25, -0.2) is 4.79 Å². The van der Waals surface area contributed by atoms with Crippen LogP contribution in [0.1, 0.15) is 42.9 Å². The highest BCUT2D eigenvalue weighted by Crippen LogP contribution is 2.56. The smallest absolute Gasteiger partial charge is 0.417 e. The van der Waals surface area contributed by atoms with E-state index in [4.69, 9.17) is 5.11 Å².